The second kappa shape index (κ2) is 5.08. The largest absolute Gasteiger partial charge is 0.461 e. The normalized spacial score (nSPS) is 10.7. The van der Waals surface area contributed by atoms with Crippen LogP contribution in [0.5, 0.6) is 0 Å². The highest BCUT2D eigenvalue weighted by molar-refractivity contribution is 5.87. The lowest BCUT2D eigenvalue weighted by Crippen LogP contribution is -2.04. The maximum Gasteiger partial charge on any atom is 0.358 e. The monoisotopic (exact) mass is 268 g/mol. The van der Waals surface area contributed by atoms with Gasteiger partial charge in [-0.3, -0.25) is 9.38 Å². The molecule has 0 atom stereocenters. The third-order valence-electron chi connectivity index (χ3n) is 2.81. The van der Waals surface area contributed by atoms with E-state index in [1.54, 1.807) is 36.1 Å². The zero-order valence-electron chi connectivity index (χ0n) is 10.9. The number of fused-ring (bicyclic) bond motifs is 1. The van der Waals surface area contributed by atoms with Gasteiger partial charge in [-0.05, 0) is 24.6 Å². The van der Waals surface area contributed by atoms with E-state index in [2.05, 4.69) is 15.0 Å². The van der Waals surface area contributed by atoms with Crippen LogP contribution in [0.15, 0.2) is 43.1 Å². The number of aromatic nitrogens is 4. The summed E-state index contributed by atoms with van der Waals surface area (Å²) in [5.74, 6) is 0.0225. The number of ether oxygens (including phenoxy) is 1. The minimum absolute atomic E-state index is 0.256. The van der Waals surface area contributed by atoms with E-state index >= 15 is 0 Å². The fourth-order valence-electron chi connectivity index (χ4n) is 1.88. The first-order valence-electron chi connectivity index (χ1n) is 6.20. The molecule has 0 amide bonds. The Morgan fingerprint density at radius 2 is 2.05 bits per heavy atom. The summed E-state index contributed by atoms with van der Waals surface area (Å²) in [6, 6.07) is 3.79. The number of esters is 1. The molecule has 0 aliphatic carbocycles. The van der Waals surface area contributed by atoms with Crippen molar-refractivity contribution in [3.63, 3.8) is 0 Å². The lowest BCUT2D eigenvalue weighted by molar-refractivity contribution is 0.0520. The van der Waals surface area contributed by atoms with Crippen LogP contribution >= 0.6 is 0 Å². The molecule has 6 nitrogen and oxygen atoms in total. The van der Waals surface area contributed by atoms with Gasteiger partial charge < -0.3 is 4.74 Å². The molecule has 3 aromatic heterocycles. The average molecular weight is 268 g/mol. The Morgan fingerprint density at radius 3 is 2.80 bits per heavy atom. The zero-order chi connectivity index (χ0) is 13.9. The predicted octanol–water partition coefficient (Wildman–Crippen LogP) is 1.97. The molecular weight excluding hydrogens is 256 g/mol. The van der Waals surface area contributed by atoms with Crippen molar-refractivity contribution in [2.45, 2.75) is 6.92 Å². The van der Waals surface area contributed by atoms with Crippen molar-refractivity contribution >= 4 is 11.7 Å². The molecule has 0 aliphatic rings. The quantitative estimate of drug-likeness (QED) is 0.679. The van der Waals surface area contributed by atoms with Crippen LogP contribution < -0.4 is 0 Å². The van der Waals surface area contributed by atoms with Crippen molar-refractivity contribution in [2.24, 2.45) is 0 Å². The Kier molecular flexibility index (Phi) is 3.12. The molecule has 0 N–H and O–H groups in total. The van der Waals surface area contributed by atoms with Crippen molar-refractivity contribution in [3.8, 4) is 11.1 Å². The summed E-state index contributed by atoms with van der Waals surface area (Å²) in [6.45, 7) is 2.08. The van der Waals surface area contributed by atoms with Gasteiger partial charge in [-0.1, -0.05) is 0 Å². The highest BCUT2D eigenvalue weighted by atomic mass is 16.5. The Bertz CT molecular complexity index is 752. The molecule has 3 rings (SSSR count). The van der Waals surface area contributed by atoms with Gasteiger partial charge in [0.25, 0.3) is 0 Å². The number of pyridine rings is 1. The van der Waals surface area contributed by atoms with Gasteiger partial charge in [-0.25, -0.2) is 14.8 Å². The molecule has 3 heterocycles. The summed E-state index contributed by atoms with van der Waals surface area (Å²) in [6.07, 6.45) is 8.64. The Labute approximate surface area is 115 Å². The molecule has 0 spiro atoms. The van der Waals surface area contributed by atoms with Gasteiger partial charge in [0.15, 0.2) is 5.69 Å². The molecule has 0 bridgehead atoms. The molecule has 0 unspecified atom stereocenters. The van der Waals surface area contributed by atoms with Crippen molar-refractivity contribution in [1.29, 1.82) is 0 Å². The van der Waals surface area contributed by atoms with Crippen LogP contribution in [0.4, 0.5) is 0 Å². The van der Waals surface area contributed by atoms with E-state index in [1.807, 2.05) is 18.3 Å². The number of hydrogen-bond acceptors (Lipinski definition) is 5. The SMILES string of the molecule is CCOC(=O)c1cn2cc(-c3ccncc3)cnc2n1. The maximum atomic E-state index is 11.6. The Hall–Kier alpha value is -2.76. The summed E-state index contributed by atoms with van der Waals surface area (Å²) in [5.41, 5.74) is 2.18. The molecule has 3 aromatic rings. The van der Waals surface area contributed by atoms with E-state index in [4.69, 9.17) is 4.74 Å². The van der Waals surface area contributed by atoms with E-state index in [0.717, 1.165) is 11.1 Å². The van der Waals surface area contributed by atoms with Crippen molar-refractivity contribution in [3.05, 3.63) is 48.8 Å². The molecule has 0 fully saturated rings. The minimum atomic E-state index is -0.441. The Morgan fingerprint density at radius 1 is 1.25 bits per heavy atom. The minimum Gasteiger partial charge on any atom is -0.461 e. The molecule has 6 heteroatoms. The number of imidazole rings is 1. The fraction of sp³-hybridized carbons (Fsp3) is 0.143. The summed E-state index contributed by atoms with van der Waals surface area (Å²) in [5, 5.41) is 0. The second-order valence-electron chi connectivity index (χ2n) is 4.13. The first kappa shape index (κ1) is 12.3. The summed E-state index contributed by atoms with van der Waals surface area (Å²) >= 11 is 0. The van der Waals surface area contributed by atoms with Gasteiger partial charge in [-0.15, -0.1) is 0 Å². The van der Waals surface area contributed by atoms with Crippen LogP contribution in [0.2, 0.25) is 0 Å². The molecular formula is C14H12N4O2. The third kappa shape index (κ3) is 2.23. The van der Waals surface area contributed by atoms with Crippen LogP contribution in [-0.2, 0) is 4.74 Å². The van der Waals surface area contributed by atoms with Gasteiger partial charge in [0.05, 0.1) is 6.61 Å². The number of carbonyl (C=O) groups excluding carboxylic acids is 1. The second-order valence-corrected chi connectivity index (χ2v) is 4.13. The van der Waals surface area contributed by atoms with Crippen molar-refractivity contribution in [2.75, 3.05) is 6.61 Å². The molecule has 20 heavy (non-hydrogen) atoms. The molecule has 0 radical (unpaired) electrons. The van der Waals surface area contributed by atoms with Crippen molar-refractivity contribution in [1.82, 2.24) is 19.4 Å². The Balaban J connectivity index is 2.02. The smallest absolute Gasteiger partial charge is 0.358 e. The lowest BCUT2D eigenvalue weighted by atomic mass is 10.1. The van der Waals surface area contributed by atoms with Crippen LogP contribution in [0, 0.1) is 0 Å². The van der Waals surface area contributed by atoms with Crippen LogP contribution in [0.1, 0.15) is 17.4 Å². The fourth-order valence-corrected chi connectivity index (χ4v) is 1.88. The number of hydrogen-bond donors (Lipinski definition) is 0. The molecule has 0 aromatic carbocycles. The third-order valence-corrected chi connectivity index (χ3v) is 2.81. The first-order valence-corrected chi connectivity index (χ1v) is 6.20. The topological polar surface area (TPSA) is 69.4 Å². The van der Waals surface area contributed by atoms with Crippen molar-refractivity contribution < 1.29 is 9.53 Å². The average Bonchev–Trinajstić information content (AvgIpc) is 2.91. The van der Waals surface area contributed by atoms with E-state index < -0.39 is 5.97 Å². The summed E-state index contributed by atoms with van der Waals surface area (Å²) < 4.78 is 6.63. The summed E-state index contributed by atoms with van der Waals surface area (Å²) in [4.78, 5) is 24.0. The first-order chi connectivity index (χ1) is 9.78. The van der Waals surface area contributed by atoms with Crippen LogP contribution in [0.25, 0.3) is 16.9 Å². The number of nitrogens with zero attached hydrogens (tertiary/aromatic N) is 4. The van der Waals surface area contributed by atoms with E-state index in [1.165, 1.54) is 0 Å². The van der Waals surface area contributed by atoms with E-state index in [0.29, 0.717) is 12.4 Å². The highest BCUT2D eigenvalue weighted by Gasteiger charge is 2.12. The van der Waals surface area contributed by atoms with Gasteiger partial charge in [0, 0.05) is 36.5 Å². The lowest BCUT2D eigenvalue weighted by Gasteiger charge is -2.00. The van der Waals surface area contributed by atoms with Gasteiger partial charge >= 0.3 is 5.97 Å². The molecule has 100 valence electrons. The molecule has 0 aliphatic heterocycles. The zero-order valence-corrected chi connectivity index (χ0v) is 10.9. The van der Waals surface area contributed by atoms with Crippen LogP contribution in [0.3, 0.4) is 0 Å². The highest BCUT2D eigenvalue weighted by Crippen LogP contribution is 2.17. The van der Waals surface area contributed by atoms with E-state index in [9.17, 15) is 4.79 Å². The van der Waals surface area contributed by atoms with Gasteiger partial charge in [0.2, 0.25) is 5.78 Å². The molecule has 0 saturated heterocycles. The van der Waals surface area contributed by atoms with Gasteiger partial charge in [-0.2, -0.15) is 0 Å². The maximum absolute atomic E-state index is 11.6. The van der Waals surface area contributed by atoms with E-state index in [-0.39, 0.29) is 5.69 Å². The number of carbonyl (C=O) groups is 1. The van der Waals surface area contributed by atoms with Gasteiger partial charge in [0.1, 0.15) is 0 Å². The predicted molar refractivity (Wildman–Crippen MR) is 72.2 cm³/mol. The standard InChI is InChI=1S/C14H12N4O2/c1-2-20-13(19)12-9-18-8-11(7-16-14(18)17-12)10-3-5-15-6-4-10/h3-9H,2H2,1H3. The van der Waals surface area contributed by atoms with Crippen LogP contribution in [-0.4, -0.2) is 31.9 Å². The summed E-state index contributed by atoms with van der Waals surface area (Å²) in [7, 11) is 0. The molecule has 0 saturated carbocycles. The number of rotatable bonds is 3.